The molecular formula is C27H47NO2. The summed E-state index contributed by atoms with van der Waals surface area (Å²) in [6.07, 6.45) is 12.1. The summed E-state index contributed by atoms with van der Waals surface area (Å²) in [7, 11) is 0. The number of morpholine rings is 1. The van der Waals surface area contributed by atoms with Gasteiger partial charge in [-0.1, -0.05) is 27.2 Å². The molecule has 4 saturated carbocycles. The maximum Gasteiger partial charge on any atom is 0.0753 e. The molecule has 0 amide bonds. The molecule has 0 radical (unpaired) electrons. The quantitative estimate of drug-likeness (QED) is 0.643. The Morgan fingerprint density at radius 1 is 0.967 bits per heavy atom. The van der Waals surface area contributed by atoms with E-state index in [9.17, 15) is 5.11 Å². The predicted octanol–water partition coefficient (Wildman–Crippen LogP) is 5.51. The van der Waals surface area contributed by atoms with E-state index in [2.05, 4.69) is 39.5 Å². The van der Waals surface area contributed by atoms with Crippen LogP contribution in [0.4, 0.5) is 0 Å². The molecule has 1 saturated heterocycles. The third kappa shape index (κ3) is 3.24. The molecule has 5 aliphatic rings. The second-order valence-corrected chi connectivity index (χ2v) is 13.0. The van der Waals surface area contributed by atoms with Gasteiger partial charge in [-0.15, -0.1) is 0 Å². The molecular weight excluding hydrogens is 370 g/mol. The van der Waals surface area contributed by atoms with E-state index in [0.29, 0.717) is 16.9 Å². The van der Waals surface area contributed by atoms with Crippen LogP contribution < -0.4 is 0 Å². The van der Waals surface area contributed by atoms with Crippen LogP contribution in [-0.2, 0) is 4.74 Å². The van der Waals surface area contributed by atoms with Crippen molar-refractivity contribution in [3.63, 3.8) is 0 Å². The first-order valence-corrected chi connectivity index (χ1v) is 13.2. The van der Waals surface area contributed by atoms with Gasteiger partial charge in [-0.25, -0.2) is 0 Å². The van der Waals surface area contributed by atoms with Crippen LogP contribution >= 0.6 is 0 Å². The van der Waals surface area contributed by atoms with E-state index in [1.54, 1.807) is 0 Å². The molecule has 0 bridgehead atoms. The molecule has 1 heterocycles. The van der Waals surface area contributed by atoms with E-state index in [0.717, 1.165) is 55.7 Å². The third-order valence-electron chi connectivity index (χ3n) is 11.3. The molecule has 5 rings (SSSR count). The third-order valence-corrected chi connectivity index (χ3v) is 11.3. The highest BCUT2D eigenvalue weighted by atomic mass is 16.5. The van der Waals surface area contributed by atoms with Crippen LogP contribution in [-0.4, -0.2) is 47.4 Å². The van der Waals surface area contributed by atoms with Crippen molar-refractivity contribution >= 4 is 0 Å². The van der Waals surface area contributed by atoms with Crippen LogP contribution in [0.1, 0.15) is 92.4 Å². The second kappa shape index (κ2) is 7.45. The summed E-state index contributed by atoms with van der Waals surface area (Å²) in [5.41, 5.74) is 0.943. The lowest BCUT2D eigenvalue weighted by Gasteiger charge is -2.63. The summed E-state index contributed by atoms with van der Waals surface area (Å²) in [5, 5.41) is 11.2. The molecule has 0 spiro atoms. The van der Waals surface area contributed by atoms with Crippen molar-refractivity contribution in [1.29, 1.82) is 0 Å². The van der Waals surface area contributed by atoms with Gasteiger partial charge in [0.1, 0.15) is 0 Å². The van der Waals surface area contributed by atoms with Crippen LogP contribution in [0.15, 0.2) is 0 Å². The van der Waals surface area contributed by atoms with Crippen molar-refractivity contribution in [1.82, 2.24) is 4.90 Å². The SMILES string of the molecule is CC[C@H]1CC[C@H]2[C@@H]3CC[C@H]4C[C@H](O)[C@@H](N5CCOC(C)(C)C5)C[C@]4(C)[C@H]3CC[C@]12C. The van der Waals surface area contributed by atoms with Gasteiger partial charge in [0, 0.05) is 19.1 Å². The van der Waals surface area contributed by atoms with Crippen molar-refractivity contribution in [2.24, 2.45) is 40.4 Å². The molecule has 0 aromatic heterocycles. The zero-order valence-corrected chi connectivity index (χ0v) is 20.3. The Kier molecular flexibility index (Phi) is 5.39. The summed E-state index contributed by atoms with van der Waals surface area (Å²) in [6, 6.07) is 0.327. The number of nitrogens with zero attached hydrogens (tertiary/aromatic N) is 1. The monoisotopic (exact) mass is 417 g/mol. The van der Waals surface area contributed by atoms with Gasteiger partial charge in [0.2, 0.25) is 0 Å². The minimum atomic E-state index is -0.154. The number of rotatable bonds is 2. The first-order valence-electron chi connectivity index (χ1n) is 13.2. The summed E-state index contributed by atoms with van der Waals surface area (Å²) in [6.45, 7) is 14.9. The van der Waals surface area contributed by atoms with Gasteiger partial charge in [0.15, 0.2) is 0 Å². The number of fused-ring (bicyclic) bond motifs is 5. The molecule has 172 valence electrons. The molecule has 0 aromatic carbocycles. The minimum Gasteiger partial charge on any atom is -0.391 e. The van der Waals surface area contributed by atoms with Crippen LogP contribution in [0.25, 0.3) is 0 Å². The van der Waals surface area contributed by atoms with Crippen LogP contribution in [0.5, 0.6) is 0 Å². The Bertz CT molecular complexity index is 649. The molecule has 0 aromatic rings. The molecule has 1 aliphatic heterocycles. The molecule has 3 heteroatoms. The smallest absolute Gasteiger partial charge is 0.0753 e. The van der Waals surface area contributed by atoms with Crippen molar-refractivity contribution in [3.8, 4) is 0 Å². The normalized spacial score (nSPS) is 53.6. The van der Waals surface area contributed by atoms with Gasteiger partial charge in [-0.3, -0.25) is 4.90 Å². The Balaban J connectivity index is 1.39. The van der Waals surface area contributed by atoms with E-state index in [4.69, 9.17) is 4.74 Å². The maximum atomic E-state index is 11.2. The lowest BCUT2D eigenvalue weighted by atomic mass is 9.44. The minimum absolute atomic E-state index is 0.0868. The van der Waals surface area contributed by atoms with E-state index < -0.39 is 0 Å². The standard InChI is InChI=1S/C27H47NO2/c1-6-18-8-10-21-20-9-7-19-15-24(29)23(28-13-14-30-25(2,3)17-28)16-27(19,5)22(20)11-12-26(18,21)4/h18-24,29H,6-17H2,1-5H3/t18-,19-,20-,21-,22-,23-,24-,26+,27-/m0/s1. The molecule has 9 atom stereocenters. The highest BCUT2D eigenvalue weighted by Gasteiger charge is 2.61. The topological polar surface area (TPSA) is 32.7 Å². The molecule has 0 unspecified atom stereocenters. The summed E-state index contributed by atoms with van der Waals surface area (Å²) >= 11 is 0. The average molecular weight is 418 g/mol. The molecule has 30 heavy (non-hydrogen) atoms. The fraction of sp³-hybridized carbons (Fsp3) is 1.00. The zero-order chi connectivity index (χ0) is 21.3. The van der Waals surface area contributed by atoms with Crippen molar-refractivity contribution < 1.29 is 9.84 Å². The van der Waals surface area contributed by atoms with Gasteiger partial charge < -0.3 is 9.84 Å². The van der Waals surface area contributed by atoms with Gasteiger partial charge in [0.05, 0.1) is 18.3 Å². The summed E-state index contributed by atoms with van der Waals surface area (Å²) < 4.78 is 6.00. The number of aliphatic hydroxyl groups is 1. The van der Waals surface area contributed by atoms with Crippen molar-refractivity contribution in [2.45, 2.75) is 110 Å². The molecule has 3 nitrogen and oxygen atoms in total. The average Bonchev–Trinajstić information content (AvgIpc) is 3.03. The molecule has 1 N–H and O–H groups in total. The van der Waals surface area contributed by atoms with Crippen LogP contribution in [0.3, 0.4) is 0 Å². The molecule has 4 aliphatic carbocycles. The van der Waals surface area contributed by atoms with E-state index >= 15 is 0 Å². The van der Waals surface area contributed by atoms with E-state index in [1.165, 1.54) is 51.4 Å². The van der Waals surface area contributed by atoms with Gasteiger partial charge in [-0.2, -0.15) is 0 Å². The Hall–Kier alpha value is -0.120. The predicted molar refractivity (Wildman–Crippen MR) is 122 cm³/mol. The first kappa shape index (κ1) is 21.7. The number of ether oxygens (including phenoxy) is 1. The highest BCUT2D eigenvalue weighted by Crippen LogP contribution is 2.68. The number of hydrogen-bond acceptors (Lipinski definition) is 3. The van der Waals surface area contributed by atoms with Crippen molar-refractivity contribution in [2.75, 3.05) is 19.7 Å². The first-order chi connectivity index (χ1) is 14.2. The Morgan fingerprint density at radius 2 is 1.73 bits per heavy atom. The van der Waals surface area contributed by atoms with Crippen LogP contribution in [0.2, 0.25) is 0 Å². The van der Waals surface area contributed by atoms with Gasteiger partial charge >= 0.3 is 0 Å². The largest absolute Gasteiger partial charge is 0.391 e. The lowest BCUT2D eigenvalue weighted by Crippen LogP contribution is -2.62. The summed E-state index contributed by atoms with van der Waals surface area (Å²) in [5.74, 6) is 4.48. The fourth-order valence-electron chi connectivity index (χ4n) is 9.76. The second-order valence-electron chi connectivity index (χ2n) is 13.0. The molecule has 5 fully saturated rings. The Morgan fingerprint density at radius 3 is 2.47 bits per heavy atom. The van der Waals surface area contributed by atoms with Crippen molar-refractivity contribution in [3.05, 3.63) is 0 Å². The zero-order valence-electron chi connectivity index (χ0n) is 20.3. The van der Waals surface area contributed by atoms with Gasteiger partial charge in [-0.05, 0) is 106 Å². The highest BCUT2D eigenvalue weighted by molar-refractivity contribution is 5.11. The lowest BCUT2D eigenvalue weighted by molar-refractivity contribution is -0.168. The number of aliphatic hydroxyl groups excluding tert-OH is 1. The van der Waals surface area contributed by atoms with E-state index in [-0.39, 0.29) is 11.7 Å². The summed E-state index contributed by atoms with van der Waals surface area (Å²) in [4.78, 5) is 2.59. The number of hydrogen-bond donors (Lipinski definition) is 1. The fourth-order valence-corrected chi connectivity index (χ4v) is 9.76. The Labute approximate surface area is 185 Å². The van der Waals surface area contributed by atoms with E-state index in [1.807, 2.05) is 0 Å². The van der Waals surface area contributed by atoms with Gasteiger partial charge in [0.25, 0.3) is 0 Å². The van der Waals surface area contributed by atoms with Crippen LogP contribution in [0, 0.1) is 40.4 Å². The maximum absolute atomic E-state index is 11.2.